The van der Waals surface area contributed by atoms with Crippen LogP contribution in [0.25, 0.3) is 0 Å². The largest absolute Gasteiger partial charge is 0.416 e. The molecular weight excluding hydrogens is 357 g/mol. The van der Waals surface area contributed by atoms with Gasteiger partial charge >= 0.3 is 6.18 Å². The highest BCUT2D eigenvalue weighted by Gasteiger charge is 2.37. The topological polar surface area (TPSA) is 40.6 Å². The molecule has 2 aromatic carbocycles. The van der Waals surface area contributed by atoms with Gasteiger partial charge in [0.25, 0.3) is 5.91 Å². The maximum atomic E-state index is 12.9. The van der Waals surface area contributed by atoms with Crippen LogP contribution in [0.1, 0.15) is 28.4 Å². The number of aryl methyl sites for hydroxylation is 1. The molecule has 1 aliphatic heterocycles. The number of halogens is 3. The van der Waals surface area contributed by atoms with Crippen LogP contribution in [0.15, 0.2) is 48.5 Å². The zero-order valence-electron chi connectivity index (χ0n) is 15.0. The minimum Gasteiger partial charge on any atom is -0.325 e. The van der Waals surface area contributed by atoms with Gasteiger partial charge in [-0.15, -0.1) is 0 Å². The molecule has 1 aliphatic rings. The molecule has 1 atom stereocenters. The second-order valence-electron chi connectivity index (χ2n) is 6.53. The first-order valence-electron chi connectivity index (χ1n) is 8.55. The molecule has 0 N–H and O–H groups in total. The summed E-state index contributed by atoms with van der Waals surface area (Å²) in [6.45, 7) is 3.80. The van der Waals surface area contributed by atoms with Crippen molar-refractivity contribution in [1.82, 2.24) is 4.90 Å². The number of carbonyl (C=O) groups is 2. The van der Waals surface area contributed by atoms with E-state index in [2.05, 4.69) is 0 Å². The summed E-state index contributed by atoms with van der Waals surface area (Å²) in [6.07, 6.45) is -4.48. The number of carbonyl (C=O) groups excluding carboxylic acids is 2. The Hall–Kier alpha value is -2.83. The molecule has 2 amide bonds. The molecule has 7 heteroatoms. The third-order valence-electron chi connectivity index (χ3n) is 4.78. The molecular formula is C20H19F3N2O2. The Balaban J connectivity index is 1.83. The molecule has 1 saturated heterocycles. The molecule has 3 rings (SSSR count). The van der Waals surface area contributed by atoms with Gasteiger partial charge in [0.15, 0.2) is 0 Å². The van der Waals surface area contributed by atoms with Gasteiger partial charge in [-0.25, -0.2) is 0 Å². The zero-order chi connectivity index (χ0) is 19.8. The van der Waals surface area contributed by atoms with Gasteiger partial charge < -0.3 is 9.80 Å². The number of benzene rings is 2. The number of piperazine rings is 1. The first kappa shape index (κ1) is 18.9. The van der Waals surface area contributed by atoms with Gasteiger partial charge in [-0.05, 0) is 43.7 Å². The molecule has 1 fully saturated rings. The first-order chi connectivity index (χ1) is 12.7. The Kier molecular flexibility index (Phi) is 4.95. The molecule has 1 heterocycles. The van der Waals surface area contributed by atoms with Crippen LogP contribution in [0, 0.1) is 6.92 Å². The quantitative estimate of drug-likeness (QED) is 0.798. The highest BCUT2D eigenvalue weighted by molar-refractivity contribution is 6.03. The summed E-state index contributed by atoms with van der Waals surface area (Å²) in [5, 5.41) is 0. The Bertz CT molecular complexity index is 880. The van der Waals surface area contributed by atoms with Crippen LogP contribution in [0.5, 0.6) is 0 Å². The highest BCUT2D eigenvalue weighted by Crippen LogP contribution is 2.32. The summed E-state index contributed by atoms with van der Waals surface area (Å²) in [7, 11) is 0. The Morgan fingerprint density at radius 2 is 1.78 bits per heavy atom. The smallest absolute Gasteiger partial charge is 0.325 e. The summed E-state index contributed by atoms with van der Waals surface area (Å²) < 4.78 is 38.8. The van der Waals surface area contributed by atoms with Crippen LogP contribution in [0.3, 0.4) is 0 Å². The van der Waals surface area contributed by atoms with Gasteiger partial charge in [-0.1, -0.05) is 24.3 Å². The molecule has 0 aromatic heterocycles. The summed E-state index contributed by atoms with van der Waals surface area (Å²) in [6, 6.07) is 11.0. The number of nitrogens with zero attached hydrogens (tertiary/aromatic N) is 2. The first-order valence-corrected chi connectivity index (χ1v) is 8.55. The maximum absolute atomic E-state index is 12.9. The second kappa shape index (κ2) is 7.06. The second-order valence-corrected chi connectivity index (χ2v) is 6.53. The number of hydrogen-bond acceptors (Lipinski definition) is 2. The lowest BCUT2D eigenvalue weighted by atomic mass is 10.0. The van der Waals surface area contributed by atoms with Gasteiger partial charge in [0.05, 0.1) is 5.56 Å². The van der Waals surface area contributed by atoms with Crippen LogP contribution in [0.2, 0.25) is 0 Å². The van der Waals surface area contributed by atoms with E-state index in [0.717, 1.165) is 17.7 Å². The van der Waals surface area contributed by atoms with Gasteiger partial charge in [0.2, 0.25) is 5.91 Å². The lowest BCUT2D eigenvalue weighted by molar-refractivity contribution is -0.137. The average molecular weight is 376 g/mol. The van der Waals surface area contributed by atoms with Crippen molar-refractivity contribution in [3.05, 3.63) is 65.2 Å². The van der Waals surface area contributed by atoms with Gasteiger partial charge in [-0.3, -0.25) is 9.59 Å². The van der Waals surface area contributed by atoms with Crippen LogP contribution in [0.4, 0.5) is 18.9 Å². The minimum absolute atomic E-state index is 0.141. The van der Waals surface area contributed by atoms with Gasteiger partial charge in [0, 0.05) is 24.3 Å². The molecule has 4 nitrogen and oxygen atoms in total. The normalized spacial score (nSPS) is 18.0. The molecule has 2 aromatic rings. The monoisotopic (exact) mass is 376 g/mol. The van der Waals surface area contributed by atoms with Crippen molar-refractivity contribution in [1.29, 1.82) is 0 Å². The number of rotatable bonds is 2. The van der Waals surface area contributed by atoms with Crippen LogP contribution in [-0.4, -0.2) is 35.8 Å². The fraction of sp³-hybridized carbons (Fsp3) is 0.300. The maximum Gasteiger partial charge on any atom is 0.416 e. The van der Waals surface area contributed by atoms with Crippen LogP contribution in [-0.2, 0) is 11.0 Å². The molecule has 1 unspecified atom stereocenters. The number of anilines is 1. The SMILES string of the molecule is Cc1ccccc1C(=O)N1CCN(c2cccc(C(F)(F)F)c2)C(=O)C1C. The molecule has 0 bridgehead atoms. The molecule has 0 radical (unpaired) electrons. The van der Waals surface area contributed by atoms with E-state index in [4.69, 9.17) is 0 Å². The number of alkyl halides is 3. The van der Waals surface area contributed by atoms with E-state index in [9.17, 15) is 22.8 Å². The van der Waals surface area contributed by atoms with E-state index in [0.29, 0.717) is 5.56 Å². The van der Waals surface area contributed by atoms with Crippen molar-refractivity contribution in [3.63, 3.8) is 0 Å². The molecule has 0 saturated carbocycles. The van der Waals surface area contributed by atoms with E-state index < -0.39 is 23.7 Å². The Morgan fingerprint density at radius 3 is 2.44 bits per heavy atom. The fourth-order valence-electron chi connectivity index (χ4n) is 3.22. The Labute approximate surface area is 155 Å². The molecule has 0 spiro atoms. The highest BCUT2D eigenvalue weighted by atomic mass is 19.4. The van der Waals surface area contributed by atoms with Crippen molar-refractivity contribution in [2.75, 3.05) is 18.0 Å². The molecule has 27 heavy (non-hydrogen) atoms. The summed E-state index contributed by atoms with van der Waals surface area (Å²) in [5.41, 5.74) is 0.704. The number of amides is 2. The third kappa shape index (κ3) is 3.67. The summed E-state index contributed by atoms with van der Waals surface area (Å²) >= 11 is 0. The van der Waals surface area contributed by atoms with Crippen LogP contribution >= 0.6 is 0 Å². The van der Waals surface area contributed by atoms with Crippen molar-refractivity contribution in [2.45, 2.75) is 26.1 Å². The number of hydrogen-bond donors (Lipinski definition) is 0. The van der Waals surface area contributed by atoms with Crippen LogP contribution < -0.4 is 4.90 Å². The lowest BCUT2D eigenvalue weighted by Gasteiger charge is -2.39. The van der Waals surface area contributed by atoms with E-state index in [-0.39, 0.29) is 24.7 Å². The molecule has 142 valence electrons. The van der Waals surface area contributed by atoms with E-state index >= 15 is 0 Å². The van der Waals surface area contributed by atoms with Crippen molar-refractivity contribution >= 4 is 17.5 Å². The molecule has 0 aliphatic carbocycles. The Morgan fingerprint density at radius 1 is 1.07 bits per heavy atom. The van der Waals surface area contributed by atoms with Crippen molar-refractivity contribution < 1.29 is 22.8 Å². The zero-order valence-corrected chi connectivity index (χ0v) is 15.0. The van der Waals surface area contributed by atoms with Gasteiger partial charge in [0.1, 0.15) is 6.04 Å². The summed E-state index contributed by atoms with van der Waals surface area (Å²) in [5.74, 6) is -0.653. The van der Waals surface area contributed by atoms with Gasteiger partial charge in [-0.2, -0.15) is 13.2 Å². The van der Waals surface area contributed by atoms with E-state index in [1.807, 2.05) is 19.1 Å². The predicted molar refractivity (Wildman–Crippen MR) is 95.5 cm³/mol. The third-order valence-corrected chi connectivity index (χ3v) is 4.78. The van der Waals surface area contributed by atoms with E-state index in [1.165, 1.54) is 21.9 Å². The summed E-state index contributed by atoms with van der Waals surface area (Å²) in [4.78, 5) is 28.4. The van der Waals surface area contributed by atoms with E-state index in [1.54, 1.807) is 19.1 Å². The lowest BCUT2D eigenvalue weighted by Crippen LogP contribution is -2.57. The van der Waals surface area contributed by atoms with Crippen molar-refractivity contribution in [3.8, 4) is 0 Å². The predicted octanol–water partition coefficient (Wildman–Crippen LogP) is 3.89. The standard InChI is InChI=1S/C20H19F3N2O2/c1-13-6-3-4-9-17(13)19(27)24-10-11-25(18(26)14(24)2)16-8-5-7-15(12-16)20(21,22)23/h3-9,12,14H,10-11H2,1-2H3. The average Bonchev–Trinajstić information content (AvgIpc) is 2.63. The minimum atomic E-state index is -4.48. The fourth-order valence-corrected chi connectivity index (χ4v) is 3.22. The van der Waals surface area contributed by atoms with Crippen molar-refractivity contribution in [2.24, 2.45) is 0 Å².